The minimum atomic E-state index is -0.223. The van der Waals surface area contributed by atoms with Gasteiger partial charge in [-0.1, -0.05) is 43.2 Å². The van der Waals surface area contributed by atoms with Crippen LogP contribution in [-0.2, 0) is 0 Å². The van der Waals surface area contributed by atoms with E-state index < -0.39 is 0 Å². The Balaban J connectivity index is 1.41. The van der Waals surface area contributed by atoms with Crippen LogP contribution in [0.25, 0.3) is 16.6 Å². The molecule has 1 fully saturated rings. The van der Waals surface area contributed by atoms with Crippen LogP contribution in [0, 0.1) is 0 Å². The van der Waals surface area contributed by atoms with Gasteiger partial charge in [0.2, 0.25) is 0 Å². The molecule has 6 nitrogen and oxygen atoms in total. The second-order valence-corrected chi connectivity index (χ2v) is 9.32. The third-order valence-electron chi connectivity index (χ3n) is 5.79. The zero-order valence-corrected chi connectivity index (χ0v) is 17.2. The fourth-order valence-electron chi connectivity index (χ4n) is 4.25. The maximum atomic E-state index is 13.0. The predicted molar refractivity (Wildman–Crippen MR) is 119 cm³/mol. The van der Waals surface area contributed by atoms with E-state index >= 15 is 0 Å². The van der Waals surface area contributed by atoms with Gasteiger partial charge in [-0.05, 0) is 37.1 Å². The Kier molecular flexibility index (Phi) is 4.83. The lowest BCUT2D eigenvalue weighted by atomic mass is 10.1. The van der Waals surface area contributed by atoms with Gasteiger partial charge >= 0.3 is 0 Å². The van der Waals surface area contributed by atoms with Crippen molar-refractivity contribution in [1.29, 1.82) is 0 Å². The monoisotopic (exact) mass is 418 g/mol. The molecule has 7 heteroatoms. The summed E-state index contributed by atoms with van der Waals surface area (Å²) < 4.78 is 1.62. The molecule has 4 aromatic rings. The Bertz CT molecular complexity index is 1270. The van der Waals surface area contributed by atoms with Gasteiger partial charge in [0.25, 0.3) is 11.5 Å². The number of thioether (sulfide) groups is 1. The third kappa shape index (κ3) is 3.39. The number of benzene rings is 2. The Hall–Kier alpha value is -3.06. The maximum absolute atomic E-state index is 13.0. The minimum Gasteiger partial charge on any atom is -0.350 e. The van der Waals surface area contributed by atoms with Crippen LogP contribution in [0.4, 0.5) is 0 Å². The first-order valence-electron chi connectivity index (χ1n) is 10.2. The highest BCUT2D eigenvalue weighted by Gasteiger charge is 2.35. The Morgan fingerprint density at radius 3 is 2.63 bits per heavy atom. The molecule has 1 saturated carbocycles. The number of carbonyl (C=O) groups is 1. The van der Waals surface area contributed by atoms with Gasteiger partial charge in [-0.3, -0.25) is 9.59 Å². The molecular weight excluding hydrogens is 396 g/mol. The average molecular weight is 419 g/mol. The molecule has 30 heavy (non-hydrogen) atoms. The number of H-pyrrole nitrogens is 1. The predicted octanol–water partition coefficient (Wildman–Crippen LogP) is 4.01. The van der Waals surface area contributed by atoms with Crippen molar-refractivity contribution in [3.05, 3.63) is 76.7 Å². The Labute approximate surface area is 177 Å². The lowest BCUT2D eigenvalue weighted by Gasteiger charge is -2.28. The second kappa shape index (κ2) is 7.65. The molecule has 1 amide bonds. The van der Waals surface area contributed by atoms with Gasteiger partial charge in [-0.2, -0.15) is 5.10 Å². The van der Waals surface area contributed by atoms with Crippen LogP contribution in [0.15, 0.2) is 70.5 Å². The molecule has 0 radical (unpaired) electrons. The van der Waals surface area contributed by atoms with Gasteiger partial charge in [0.15, 0.2) is 0 Å². The summed E-state index contributed by atoms with van der Waals surface area (Å²) in [5.74, 6) is -0.212. The van der Waals surface area contributed by atoms with E-state index in [1.807, 2.05) is 48.2 Å². The molecule has 2 heterocycles. The standard InChI is InChI=1S/C23H22N4O2S/c28-21(24-15-23(12-6-7-13-23)30-16-8-2-1-3-9-16)18-14-25-27-19-11-5-4-10-17(19)22(29)26-20(18)27/h1-5,8-11,14H,6-7,12-13,15H2,(H,24,28)(H,26,29). The zero-order valence-electron chi connectivity index (χ0n) is 16.4. The second-order valence-electron chi connectivity index (χ2n) is 7.78. The van der Waals surface area contributed by atoms with E-state index in [2.05, 4.69) is 27.5 Å². The largest absolute Gasteiger partial charge is 0.350 e. The number of aromatic amines is 1. The summed E-state index contributed by atoms with van der Waals surface area (Å²) in [5, 5.41) is 8.01. The van der Waals surface area contributed by atoms with E-state index in [4.69, 9.17) is 0 Å². The minimum absolute atomic E-state index is 0.0000861. The lowest BCUT2D eigenvalue weighted by molar-refractivity contribution is 0.0951. The highest BCUT2D eigenvalue weighted by molar-refractivity contribution is 8.00. The van der Waals surface area contributed by atoms with E-state index in [1.165, 1.54) is 23.9 Å². The summed E-state index contributed by atoms with van der Waals surface area (Å²) in [6.07, 6.45) is 6.02. The van der Waals surface area contributed by atoms with Crippen molar-refractivity contribution < 1.29 is 4.79 Å². The van der Waals surface area contributed by atoms with Crippen molar-refractivity contribution in [3.8, 4) is 0 Å². The molecule has 0 spiro atoms. The normalized spacial score (nSPS) is 15.6. The van der Waals surface area contributed by atoms with Gasteiger partial charge in [0, 0.05) is 16.2 Å². The quantitative estimate of drug-likeness (QED) is 0.513. The maximum Gasteiger partial charge on any atom is 0.259 e. The van der Waals surface area contributed by atoms with E-state index in [9.17, 15) is 9.59 Å². The summed E-state index contributed by atoms with van der Waals surface area (Å²) in [6.45, 7) is 0.584. The summed E-state index contributed by atoms with van der Waals surface area (Å²) in [7, 11) is 0. The number of aromatic nitrogens is 3. The Morgan fingerprint density at radius 1 is 1.10 bits per heavy atom. The number of para-hydroxylation sites is 1. The first kappa shape index (κ1) is 18.9. The van der Waals surface area contributed by atoms with Crippen LogP contribution >= 0.6 is 11.8 Å². The van der Waals surface area contributed by atoms with E-state index in [0.717, 1.165) is 12.8 Å². The molecule has 2 N–H and O–H groups in total. The molecule has 2 aromatic heterocycles. The average Bonchev–Trinajstić information content (AvgIpc) is 3.41. The van der Waals surface area contributed by atoms with Crippen LogP contribution in [0.2, 0.25) is 0 Å². The van der Waals surface area contributed by atoms with Crippen LogP contribution in [0.1, 0.15) is 36.0 Å². The summed E-state index contributed by atoms with van der Waals surface area (Å²) in [6, 6.07) is 17.6. The molecule has 0 atom stereocenters. The van der Waals surface area contributed by atoms with Gasteiger partial charge in [0.1, 0.15) is 11.2 Å². The number of nitrogens with one attached hydrogen (secondary N) is 2. The highest BCUT2D eigenvalue weighted by atomic mass is 32.2. The van der Waals surface area contributed by atoms with Crippen molar-refractivity contribution in [2.24, 2.45) is 0 Å². The van der Waals surface area contributed by atoms with Crippen LogP contribution in [0.3, 0.4) is 0 Å². The molecule has 1 aliphatic carbocycles. The molecule has 0 aliphatic heterocycles. The lowest BCUT2D eigenvalue weighted by Crippen LogP contribution is -2.38. The number of fused-ring (bicyclic) bond motifs is 3. The number of rotatable bonds is 5. The van der Waals surface area contributed by atoms with Gasteiger partial charge in [-0.15, -0.1) is 11.8 Å². The van der Waals surface area contributed by atoms with Crippen LogP contribution < -0.4 is 10.9 Å². The van der Waals surface area contributed by atoms with Crippen molar-refractivity contribution in [2.45, 2.75) is 35.3 Å². The van der Waals surface area contributed by atoms with Crippen molar-refractivity contribution in [3.63, 3.8) is 0 Å². The number of hydrogen-bond donors (Lipinski definition) is 2. The summed E-state index contributed by atoms with van der Waals surface area (Å²) in [4.78, 5) is 29.5. The van der Waals surface area contributed by atoms with Crippen LogP contribution in [-0.4, -0.2) is 31.8 Å². The molecule has 0 bridgehead atoms. The molecule has 152 valence electrons. The van der Waals surface area contributed by atoms with E-state index in [1.54, 1.807) is 10.6 Å². The first-order chi connectivity index (χ1) is 14.7. The fraction of sp³-hybridized carbons (Fsp3) is 0.261. The first-order valence-corrected chi connectivity index (χ1v) is 11.0. The molecule has 5 rings (SSSR count). The molecular formula is C23H22N4O2S. The summed E-state index contributed by atoms with van der Waals surface area (Å²) >= 11 is 1.85. The van der Waals surface area contributed by atoms with Crippen LogP contribution in [0.5, 0.6) is 0 Å². The number of hydrogen-bond acceptors (Lipinski definition) is 4. The fourth-order valence-corrected chi connectivity index (χ4v) is 5.68. The van der Waals surface area contributed by atoms with E-state index in [-0.39, 0.29) is 16.2 Å². The molecule has 1 aliphatic rings. The highest BCUT2D eigenvalue weighted by Crippen LogP contribution is 2.44. The van der Waals surface area contributed by atoms with Crippen molar-refractivity contribution in [1.82, 2.24) is 19.9 Å². The zero-order chi connectivity index (χ0) is 20.6. The van der Waals surface area contributed by atoms with E-state index in [0.29, 0.717) is 28.7 Å². The Morgan fingerprint density at radius 2 is 1.83 bits per heavy atom. The van der Waals surface area contributed by atoms with Gasteiger partial charge in [-0.25, -0.2) is 4.52 Å². The number of amides is 1. The van der Waals surface area contributed by atoms with Crippen molar-refractivity contribution in [2.75, 3.05) is 6.54 Å². The van der Waals surface area contributed by atoms with Gasteiger partial charge in [0.05, 0.1) is 17.1 Å². The molecule has 2 aromatic carbocycles. The smallest absolute Gasteiger partial charge is 0.259 e. The molecule has 0 unspecified atom stereocenters. The third-order valence-corrected chi connectivity index (χ3v) is 7.28. The molecule has 0 saturated heterocycles. The SMILES string of the molecule is O=C(NCC1(Sc2ccccc2)CCCC1)c1cnn2c1[nH]c(=O)c1ccccc12. The summed E-state index contributed by atoms with van der Waals surface area (Å²) in [5.41, 5.74) is 1.27. The number of carbonyl (C=O) groups excluding carboxylic acids is 1. The van der Waals surface area contributed by atoms with Gasteiger partial charge < -0.3 is 10.3 Å². The topological polar surface area (TPSA) is 79.3 Å². The number of nitrogens with zero attached hydrogens (tertiary/aromatic N) is 2. The van der Waals surface area contributed by atoms with Crippen molar-refractivity contribution >= 4 is 34.2 Å².